The number of ketones is 1. The zero-order chi connectivity index (χ0) is 6.85. The van der Waals surface area contributed by atoms with E-state index in [-0.39, 0.29) is 5.78 Å². The molecular formula is C7H11FO. The van der Waals surface area contributed by atoms with E-state index in [9.17, 15) is 9.18 Å². The maximum Gasteiger partial charge on any atom is 0.130 e. The smallest absolute Gasteiger partial charge is 0.130 e. The normalized spacial score (nSPS) is 33.6. The topological polar surface area (TPSA) is 17.1 Å². The van der Waals surface area contributed by atoms with Crippen LogP contribution in [-0.4, -0.2) is 12.0 Å². The van der Waals surface area contributed by atoms with E-state index in [4.69, 9.17) is 0 Å². The second kappa shape index (κ2) is 2.46. The van der Waals surface area contributed by atoms with Crippen LogP contribution in [0.5, 0.6) is 0 Å². The molecule has 0 aromatic heterocycles. The molecule has 0 aromatic carbocycles. The van der Waals surface area contributed by atoms with Crippen LogP contribution in [0.15, 0.2) is 0 Å². The first-order valence-electron chi connectivity index (χ1n) is 3.32. The van der Waals surface area contributed by atoms with Gasteiger partial charge in [0.1, 0.15) is 12.0 Å². The molecule has 9 heavy (non-hydrogen) atoms. The molecule has 0 saturated heterocycles. The van der Waals surface area contributed by atoms with Gasteiger partial charge in [-0.1, -0.05) is 0 Å². The Bertz CT molecular complexity index is 116. The second-order valence-electron chi connectivity index (χ2n) is 2.84. The summed E-state index contributed by atoms with van der Waals surface area (Å²) in [5, 5.41) is 0. The molecular weight excluding hydrogens is 119 g/mol. The molecule has 0 radical (unpaired) electrons. The van der Waals surface area contributed by atoms with E-state index >= 15 is 0 Å². The minimum Gasteiger partial charge on any atom is -0.300 e. The summed E-state index contributed by atoms with van der Waals surface area (Å²) in [6.07, 6.45) is 1.19. The first kappa shape index (κ1) is 6.72. The van der Waals surface area contributed by atoms with Crippen LogP contribution in [0.1, 0.15) is 26.2 Å². The quantitative estimate of drug-likeness (QED) is 0.556. The molecule has 1 aliphatic carbocycles. The summed E-state index contributed by atoms with van der Waals surface area (Å²) >= 11 is 0. The van der Waals surface area contributed by atoms with Gasteiger partial charge in [-0.3, -0.25) is 0 Å². The molecule has 52 valence electrons. The number of alkyl halides is 1. The van der Waals surface area contributed by atoms with Crippen molar-refractivity contribution < 1.29 is 9.18 Å². The van der Waals surface area contributed by atoms with Gasteiger partial charge in [0.25, 0.3) is 0 Å². The van der Waals surface area contributed by atoms with Crippen molar-refractivity contribution in [2.24, 2.45) is 5.92 Å². The van der Waals surface area contributed by atoms with Crippen LogP contribution < -0.4 is 0 Å². The Kier molecular flexibility index (Phi) is 1.84. The molecule has 0 amide bonds. The van der Waals surface area contributed by atoms with Crippen molar-refractivity contribution in [1.82, 2.24) is 0 Å². The van der Waals surface area contributed by atoms with Crippen LogP contribution >= 0.6 is 0 Å². The van der Waals surface area contributed by atoms with Crippen LogP contribution in [0.4, 0.5) is 4.39 Å². The second-order valence-corrected chi connectivity index (χ2v) is 2.84. The fraction of sp³-hybridized carbons (Fsp3) is 0.857. The van der Waals surface area contributed by atoms with Gasteiger partial charge in [0, 0.05) is 6.42 Å². The molecule has 1 nitrogen and oxygen atoms in total. The summed E-state index contributed by atoms with van der Waals surface area (Å²) in [6, 6.07) is 0. The number of halogens is 1. The van der Waals surface area contributed by atoms with Crippen molar-refractivity contribution in [1.29, 1.82) is 0 Å². The molecule has 0 atom stereocenters. The van der Waals surface area contributed by atoms with Crippen LogP contribution in [-0.2, 0) is 4.79 Å². The Labute approximate surface area is 54.3 Å². The molecule has 0 spiro atoms. The SMILES string of the molecule is CC(=O)CC1CC(F)C1. The Balaban J connectivity index is 2.11. The van der Waals surface area contributed by atoms with E-state index in [0.717, 1.165) is 0 Å². The van der Waals surface area contributed by atoms with Crippen LogP contribution in [0.25, 0.3) is 0 Å². The highest BCUT2D eigenvalue weighted by Crippen LogP contribution is 2.32. The highest BCUT2D eigenvalue weighted by molar-refractivity contribution is 5.75. The van der Waals surface area contributed by atoms with Crippen molar-refractivity contribution in [2.75, 3.05) is 0 Å². The summed E-state index contributed by atoms with van der Waals surface area (Å²) in [7, 11) is 0. The molecule has 0 bridgehead atoms. The highest BCUT2D eigenvalue weighted by Gasteiger charge is 2.29. The minimum atomic E-state index is -0.616. The lowest BCUT2D eigenvalue weighted by Crippen LogP contribution is -2.26. The molecule has 1 saturated carbocycles. The number of hydrogen-bond acceptors (Lipinski definition) is 1. The molecule has 0 N–H and O–H groups in total. The van der Waals surface area contributed by atoms with E-state index in [1.807, 2.05) is 0 Å². The molecule has 2 heteroatoms. The third kappa shape index (κ3) is 1.77. The predicted octanol–water partition coefficient (Wildman–Crippen LogP) is 1.71. The monoisotopic (exact) mass is 130 g/mol. The summed E-state index contributed by atoms with van der Waals surface area (Å²) in [5.41, 5.74) is 0. The lowest BCUT2D eigenvalue weighted by atomic mass is 9.80. The largest absolute Gasteiger partial charge is 0.300 e. The van der Waals surface area contributed by atoms with Gasteiger partial charge in [0.15, 0.2) is 0 Å². The van der Waals surface area contributed by atoms with Crippen molar-refractivity contribution in [2.45, 2.75) is 32.4 Å². The van der Waals surface area contributed by atoms with Crippen molar-refractivity contribution >= 4 is 5.78 Å². The lowest BCUT2D eigenvalue weighted by Gasteiger charge is -2.28. The molecule has 1 fully saturated rings. The van der Waals surface area contributed by atoms with Gasteiger partial charge < -0.3 is 4.79 Å². The van der Waals surface area contributed by atoms with Gasteiger partial charge in [-0.25, -0.2) is 4.39 Å². The van der Waals surface area contributed by atoms with E-state index < -0.39 is 6.17 Å². The standard InChI is InChI=1S/C7H11FO/c1-5(9)2-6-3-7(8)4-6/h6-7H,2-4H2,1H3. The Hall–Kier alpha value is -0.400. The maximum atomic E-state index is 12.1. The van der Waals surface area contributed by atoms with Crippen LogP contribution in [0.2, 0.25) is 0 Å². The summed E-state index contributed by atoms with van der Waals surface area (Å²) in [6.45, 7) is 1.56. The van der Waals surface area contributed by atoms with Crippen molar-refractivity contribution in [3.8, 4) is 0 Å². The van der Waals surface area contributed by atoms with E-state index in [1.165, 1.54) is 0 Å². The average molecular weight is 130 g/mol. The lowest BCUT2D eigenvalue weighted by molar-refractivity contribution is -0.118. The maximum absolute atomic E-state index is 12.1. The van der Waals surface area contributed by atoms with Crippen LogP contribution in [0.3, 0.4) is 0 Å². The predicted molar refractivity (Wildman–Crippen MR) is 32.9 cm³/mol. The van der Waals surface area contributed by atoms with Gasteiger partial charge >= 0.3 is 0 Å². The van der Waals surface area contributed by atoms with E-state index in [0.29, 0.717) is 25.2 Å². The van der Waals surface area contributed by atoms with Gasteiger partial charge in [0.2, 0.25) is 0 Å². The van der Waals surface area contributed by atoms with E-state index in [2.05, 4.69) is 0 Å². The third-order valence-electron chi connectivity index (χ3n) is 1.75. The minimum absolute atomic E-state index is 0.187. The van der Waals surface area contributed by atoms with Crippen molar-refractivity contribution in [3.05, 3.63) is 0 Å². The Morgan fingerprint density at radius 3 is 2.56 bits per heavy atom. The summed E-state index contributed by atoms with van der Waals surface area (Å²) in [4.78, 5) is 10.4. The van der Waals surface area contributed by atoms with E-state index in [1.54, 1.807) is 6.92 Å². The number of carbonyl (C=O) groups is 1. The number of carbonyl (C=O) groups excluding carboxylic acids is 1. The molecule has 0 aliphatic heterocycles. The zero-order valence-electron chi connectivity index (χ0n) is 5.56. The first-order chi connectivity index (χ1) is 4.18. The number of rotatable bonds is 2. The Morgan fingerprint density at radius 1 is 1.67 bits per heavy atom. The summed E-state index contributed by atoms with van der Waals surface area (Å²) in [5.74, 6) is 0.546. The van der Waals surface area contributed by atoms with Gasteiger partial charge in [-0.2, -0.15) is 0 Å². The van der Waals surface area contributed by atoms with Gasteiger partial charge in [-0.15, -0.1) is 0 Å². The third-order valence-corrected chi connectivity index (χ3v) is 1.75. The fourth-order valence-corrected chi connectivity index (χ4v) is 1.23. The van der Waals surface area contributed by atoms with Crippen LogP contribution in [0, 0.1) is 5.92 Å². The Morgan fingerprint density at radius 2 is 2.22 bits per heavy atom. The first-order valence-corrected chi connectivity index (χ1v) is 3.32. The molecule has 1 rings (SSSR count). The molecule has 1 aliphatic rings. The number of hydrogen-bond donors (Lipinski definition) is 0. The highest BCUT2D eigenvalue weighted by atomic mass is 19.1. The zero-order valence-corrected chi connectivity index (χ0v) is 5.56. The van der Waals surface area contributed by atoms with Gasteiger partial charge in [-0.05, 0) is 25.7 Å². The molecule has 0 aromatic rings. The molecule has 0 heterocycles. The van der Waals surface area contributed by atoms with Crippen molar-refractivity contribution in [3.63, 3.8) is 0 Å². The summed E-state index contributed by atoms with van der Waals surface area (Å²) < 4.78 is 12.1. The molecule has 0 unspecified atom stereocenters. The fourth-order valence-electron chi connectivity index (χ4n) is 1.23. The van der Waals surface area contributed by atoms with Gasteiger partial charge in [0.05, 0.1) is 0 Å². The average Bonchev–Trinajstić information content (AvgIpc) is 1.60. The number of Topliss-reactive ketones (excluding diaryl/α,β-unsaturated/α-hetero) is 1.